The monoisotopic (exact) mass is 366 g/mol. The summed E-state index contributed by atoms with van der Waals surface area (Å²) in [6.45, 7) is 3.81. The number of halogens is 1. The summed E-state index contributed by atoms with van der Waals surface area (Å²) in [6.07, 6.45) is 0. The molecule has 7 heteroatoms. The van der Waals surface area contributed by atoms with Crippen LogP contribution in [-0.4, -0.2) is 27.4 Å². The molecule has 0 fully saturated rings. The molecule has 0 heterocycles. The first-order chi connectivity index (χ1) is 11.3. The highest BCUT2D eigenvalue weighted by Gasteiger charge is 2.27. The van der Waals surface area contributed by atoms with Crippen molar-refractivity contribution >= 4 is 33.2 Å². The molecule has 1 N–H and O–H groups in total. The fourth-order valence-electron chi connectivity index (χ4n) is 2.16. The van der Waals surface area contributed by atoms with E-state index in [1.54, 1.807) is 43.3 Å². The van der Waals surface area contributed by atoms with Crippen molar-refractivity contribution in [1.29, 1.82) is 0 Å². The predicted molar refractivity (Wildman–Crippen MR) is 95.8 cm³/mol. The topological polar surface area (TPSA) is 66.5 Å². The van der Waals surface area contributed by atoms with Crippen molar-refractivity contribution in [1.82, 2.24) is 5.32 Å². The molecule has 0 spiro atoms. The van der Waals surface area contributed by atoms with Crippen molar-refractivity contribution in [3.05, 3.63) is 59.1 Å². The third kappa shape index (κ3) is 4.27. The maximum Gasteiger partial charge on any atom is 0.264 e. The van der Waals surface area contributed by atoms with Gasteiger partial charge in [0.25, 0.3) is 10.0 Å². The average molecular weight is 367 g/mol. The number of likely N-dealkylation sites (N-methyl/N-ethyl adjacent to an activating group) is 1. The third-order valence-electron chi connectivity index (χ3n) is 3.37. The summed E-state index contributed by atoms with van der Waals surface area (Å²) in [5, 5.41) is 2.94. The Morgan fingerprint density at radius 1 is 1.17 bits per heavy atom. The second-order valence-electron chi connectivity index (χ2n) is 5.26. The number of hydrogen-bond acceptors (Lipinski definition) is 3. The van der Waals surface area contributed by atoms with Gasteiger partial charge in [0.15, 0.2) is 0 Å². The highest BCUT2D eigenvalue weighted by atomic mass is 35.5. The molecule has 0 radical (unpaired) electrons. The van der Waals surface area contributed by atoms with Gasteiger partial charge in [0.1, 0.15) is 6.54 Å². The minimum atomic E-state index is -3.91. The third-order valence-corrected chi connectivity index (χ3v) is 5.37. The lowest BCUT2D eigenvalue weighted by atomic mass is 10.2. The van der Waals surface area contributed by atoms with Gasteiger partial charge in [0, 0.05) is 11.6 Å². The van der Waals surface area contributed by atoms with Gasteiger partial charge < -0.3 is 5.32 Å². The van der Waals surface area contributed by atoms with E-state index in [0.717, 1.165) is 9.87 Å². The Morgan fingerprint density at radius 2 is 1.83 bits per heavy atom. The van der Waals surface area contributed by atoms with Crippen molar-refractivity contribution in [2.75, 3.05) is 17.4 Å². The maximum absolute atomic E-state index is 13.0. The minimum Gasteiger partial charge on any atom is -0.355 e. The Labute approximate surface area is 147 Å². The smallest absolute Gasteiger partial charge is 0.264 e. The number of rotatable bonds is 6. The molecule has 0 bridgehead atoms. The largest absolute Gasteiger partial charge is 0.355 e. The average Bonchev–Trinajstić information content (AvgIpc) is 2.54. The lowest BCUT2D eigenvalue weighted by Crippen LogP contribution is -2.40. The van der Waals surface area contributed by atoms with Crippen molar-refractivity contribution in [3.63, 3.8) is 0 Å². The van der Waals surface area contributed by atoms with Crippen LogP contribution in [0.25, 0.3) is 0 Å². The zero-order valence-corrected chi connectivity index (χ0v) is 15.1. The zero-order valence-electron chi connectivity index (χ0n) is 13.5. The molecule has 0 saturated carbocycles. The number of amides is 1. The van der Waals surface area contributed by atoms with Gasteiger partial charge in [-0.15, -0.1) is 0 Å². The van der Waals surface area contributed by atoms with Crippen LogP contribution in [0.15, 0.2) is 53.4 Å². The van der Waals surface area contributed by atoms with E-state index >= 15 is 0 Å². The molecular formula is C17H19ClN2O3S. The van der Waals surface area contributed by atoms with Crippen LogP contribution in [0, 0.1) is 6.92 Å². The van der Waals surface area contributed by atoms with Gasteiger partial charge in [-0.05, 0) is 44.2 Å². The lowest BCUT2D eigenvalue weighted by molar-refractivity contribution is -0.119. The Bertz CT molecular complexity index is 820. The first-order valence-electron chi connectivity index (χ1n) is 7.46. The van der Waals surface area contributed by atoms with Crippen LogP contribution in [0.3, 0.4) is 0 Å². The number of sulfonamides is 1. The summed E-state index contributed by atoms with van der Waals surface area (Å²) < 4.78 is 27.1. The number of nitrogens with zero attached hydrogens (tertiary/aromatic N) is 1. The lowest BCUT2D eigenvalue weighted by Gasteiger charge is -2.24. The van der Waals surface area contributed by atoms with E-state index in [2.05, 4.69) is 5.32 Å². The number of carbonyl (C=O) groups is 1. The van der Waals surface area contributed by atoms with Crippen LogP contribution < -0.4 is 9.62 Å². The van der Waals surface area contributed by atoms with E-state index in [4.69, 9.17) is 11.6 Å². The Morgan fingerprint density at radius 3 is 2.42 bits per heavy atom. The first-order valence-corrected chi connectivity index (χ1v) is 9.28. The quantitative estimate of drug-likeness (QED) is 0.854. The Kier molecular flexibility index (Phi) is 5.85. The molecule has 128 valence electrons. The molecule has 2 aromatic rings. The summed E-state index contributed by atoms with van der Waals surface area (Å²) in [5.41, 5.74) is 1.42. The van der Waals surface area contributed by atoms with Gasteiger partial charge in [-0.25, -0.2) is 8.42 Å². The molecule has 0 atom stereocenters. The molecule has 0 aliphatic carbocycles. The van der Waals surface area contributed by atoms with Gasteiger partial charge in [-0.2, -0.15) is 0 Å². The van der Waals surface area contributed by atoms with E-state index in [0.29, 0.717) is 17.3 Å². The molecule has 2 aromatic carbocycles. The summed E-state index contributed by atoms with van der Waals surface area (Å²) in [6, 6.07) is 12.9. The summed E-state index contributed by atoms with van der Waals surface area (Å²) in [5.74, 6) is -0.372. The number of nitrogens with one attached hydrogen (secondary N) is 1. The summed E-state index contributed by atoms with van der Waals surface area (Å²) in [7, 11) is -3.91. The fraction of sp³-hybridized carbons (Fsp3) is 0.235. The standard InChI is InChI=1S/C17H19ClN2O3S/c1-3-19-17(21)12-20(15-9-7-13(2)8-10-15)24(22,23)16-6-4-5-14(18)11-16/h4-11H,3,12H2,1-2H3,(H,19,21). The van der Waals surface area contributed by atoms with Gasteiger partial charge in [-0.3, -0.25) is 9.10 Å². The molecule has 0 aromatic heterocycles. The zero-order chi connectivity index (χ0) is 17.7. The van der Waals surface area contributed by atoms with Gasteiger partial charge in [0.2, 0.25) is 5.91 Å². The molecule has 1 amide bonds. The van der Waals surface area contributed by atoms with Crippen molar-refractivity contribution in [2.24, 2.45) is 0 Å². The SMILES string of the molecule is CCNC(=O)CN(c1ccc(C)cc1)S(=O)(=O)c1cccc(Cl)c1. The molecular weight excluding hydrogens is 348 g/mol. The van der Waals surface area contributed by atoms with E-state index in [-0.39, 0.29) is 17.3 Å². The molecule has 5 nitrogen and oxygen atoms in total. The van der Waals surface area contributed by atoms with E-state index < -0.39 is 10.0 Å². The highest BCUT2D eigenvalue weighted by Crippen LogP contribution is 2.25. The van der Waals surface area contributed by atoms with E-state index in [1.165, 1.54) is 12.1 Å². The van der Waals surface area contributed by atoms with Gasteiger partial charge in [-0.1, -0.05) is 35.4 Å². The van der Waals surface area contributed by atoms with Gasteiger partial charge >= 0.3 is 0 Å². The number of anilines is 1. The number of hydrogen-bond donors (Lipinski definition) is 1. The first kappa shape index (κ1) is 18.3. The second-order valence-corrected chi connectivity index (χ2v) is 7.56. The van der Waals surface area contributed by atoms with E-state index in [9.17, 15) is 13.2 Å². The van der Waals surface area contributed by atoms with Crippen LogP contribution in [0.5, 0.6) is 0 Å². The van der Waals surface area contributed by atoms with Crippen LogP contribution in [-0.2, 0) is 14.8 Å². The second kappa shape index (κ2) is 7.68. The van der Waals surface area contributed by atoms with Crippen molar-refractivity contribution < 1.29 is 13.2 Å². The maximum atomic E-state index is 13.0. The van der Waals surface area contributed by atoms with Crippen molar-refractivity contribution in [3.8, 4) is 0 Å². The molecule has 0 aliphatic heterocycles. The molecule has 0 aliphatic rings. The highest BCUT2D eigenvalue weighted by molar-refractivity contribution is 7.92. The summed E-state index contributed by atoms with van der Waals surface area (Å²) >= 11 is 5.92. The predicted octanol–water partition coefficient (Wildman–Crippen LogP) is 2.98. The van der Waals surface area contributed by atoms with Gasteiger partial charge in [0.05, 0.1) is 10.6 Å². The molecule has 24 heavy (non-hydrogen) atoms. The Balaban J connectivity index is 2.48. The number of carbonyl (C=O) groups excluding carboxylic acids is 1. The van der Waals surface area contributed by atoms with E-state index in [1.807, 2.05) is 6.92 Å². The normalized spacial score (nSPS) is 11.1. The minimum absolute atomic E-state index is 0.0415. The fourth-order valence-corrected chi connectivity index (χ4v) is 3.89. The number of aryl methyl sites for hydroxylation is 1. The number of benzene rings is 2. The van der Waals surface area contributed by atoms with Crippen LogP contribution >= 0.6 is 11.6 Å². The molecule has 2 rings (SSSR count). The van der Waals surface area contributed by atoms with Crippen LogP contribution in [0.4, 0.5) is 5.69 Å². The van der Waals surface area contributed by atoms with Crippen molar-refractivity contribution in [2.45, 2.75) is 18.7 Å². The van der Waals surface area contributed by atoms with Crippen LogP contribution in [0.1, 0.15) is 12.5 Å². The molecule has 0 saturated heterocycles. The summed E-state index contributed by atoms with van der Waals surface area (Å²) in [4.78, 5) is 12.0. The molecule has 0 unspecified atom stereocenters. The van der Waals surface area contributed by atoms with Crippen LogP contribution in [0.2, 0.25) is 5.02 Å². The Hall–Kier alpha value is -2.05.